The predicted octanol–water partition coefficient (Wildman–Crippen LogP) is 1.01. The highest BCUT2D eigenvalue weighted by Gasteiger charge is 2.47. The third kappa shape index (κ3) is 3.54. The molecule has 3 heteroatoms. The van der Waals surface area contributed by atoms with Crippen molar-refractivity contribution in [2.24, 2.45) is 0 Å². The molecule has 0 amide bonds. The number of hydrogen-bond donors (Lipinski definition) is 0. The molecule has 1 heterocycles. The van der Waals surface area contributed by atoms with Crippen LogP contribution in [0.3, 0.4) is 0 Å². The fraction of sp³-hybridized carbons (Fsp3) is 0.0417. The minimum Gasteiger partial charge on any atom is -1.00 e. The second-order valence-electron chi connectivity index (χ2n) is 6.34. The molecular weight excluding hydrogens is 369 g/mol. The molecule has 3 aromatic carbocycles. The van der Waals surface area contributed by atoms with Gasteiger partial charge in [0.05, 0.1) is 6.20 Å². The van der Waals surface area contributed by atoms with Crippen LogP contribution in [0.1, 0.15) is 5.69 Å². The van der Waals surface area contributed by atoms with E-state index in [1.807, 2.05) is 6.92 Å². The number of rotatable bonds is 4. The minimum absolute atomic E-state index is 0. The standard InChI is InChI=1S/C24H21NP.ClH/c1-20-17-18-24(19-25-20)26(21-11-5-2-6-12-21,22-13-7-3-8-14-22)23-15-9-4-10-16-23;/h2-19H,1H3;1H/q+1;/p-1. The van der Waals surface area contributed by atoms with Crippen LogP contribution in [0.15, 0.2) is 109 Å². The minimum atomic E-state index is -1.99. The summed E-state index contributed by atoms with van der Waals surface area (Å²) in [7, 11) is -1.99. The first-order valence-corrected chi connectivity index (χ1v) is 10.6. The van der Waals surface area contributed by atoms with Gasteiger partial charge in [0.25, 0.3) is 0 Å². The lowest BCUT2D eigenvalue weighted by atomic mass is 10.3. The summed E-state index contributed by atoms with van der Waals surface area (Å²) in [5, 5.41) is 5.33. The molecule has 4 rings (SSSR count). The Balaban J connectivity index is 0.00000210. The Labute approximate surface area is 167 Å². The lowest BCUT2D eigenvalue weighted by Gasteiger charge is -2.27. The van der Waals surface area contributed by atoms with Crippen molar-refractivity contribution in [2.45, 2.75) is 6.92 Å². The predicted molar refractivity (Wildman–Crippen MR) is 114 cm³/mol. The first-order valence-electron chi connectivity index (χ1n) is 8.81. The summed E-state index contributed by atoms with van der Waals surface area (Å²) in [5.74, 6) is 0. The van der Waals surface area contributed by atoms with Crippen molar-refractivity contribution < 1.29 is 12.4 Å². The van der Waals surface area contributed by atoms with Crippen molar-refractivity contribution in [1.82, 2.24) is 4.98 Å². The normalized spacial score (nSPS) is 10.9. The molecule has 0 atom stereocenters. The molecule has 1 aromatic heterocycles. The van der Waals surface area contributed by atoms with E-state index in [4.69, 9.17) is 0 Å². The molecule has 0 saturated carbocycles. The van der Waals surface area contributed by atoms with Gasteiger partial charge in [0, 0.05) is 5.69 Å². The third-order valence-electron chi connectivity index (χ3n) is 4.71. The molecule has 0 aliphatic carbocycles. The van der Waals surface area contributed by atoms with E-state index in [1.54, 1.807) is 0 Å². The Kier molecular flexibility index (Phi) is 6.06. The van der Waals surface area contributed by atoms with Gasteiger partial charge in [-0.05, 0) is 55.5 Å². The van der Waals surface area contributed by atoms with E-state index >= 15 is 0 Å². The highest BCUT2D eigenvalue weighted by molar-refractivity contribution is 8.01. The molecule has 1 nitrogen and oxygen atoms in total. The molecule has 0 aliphatic heterocycles. The van der Waals surface area contributed by atoms with Crippen LogP contribution in [0, 0.1) is 6.92 Å². The van der Waals surface area contributed by atoms with Gasteiger partial charge < -0.3 is 12.4 Å². The van der Waals surface area contributed by atoms with Crippen LogP contribution in [0.2, 0.25) is 0 Å². The summed E-state index contributed by atoms with van der Waals surface area (Å²) in [6.07, 6.45) is 2.07. The fourth-order valence-electron chi connectivity index (χ4n) is 3.51. The van der Waals surface area contributed by atoms with Crippen LogP contribution in [0.4, 0.5) is 0 Å². The van der Waals surface area contributed by atoms with Crippen molar-refractivity contribution >= 4 is 28.5 Å². The molecule has 27 heavy (non-hydrogen) atoms. The fourth-order valence-corrected chi connectivity index (χ4v) is 7.68. The van der Waals surface area contributed by atoms with Crippen LogP contribution < -0.4 is 33.6 Å². The summed E-state index contributed by atoms with van der Waals surface area (Å²) in [5.41, 5.74) is 1.04. The molecule has 0 spiro atoms. The lowest BCUT2D eigenvalue weighted by Crippen LogP contribution is -3.00. The van der Waals surface area contributed by atoms with Crippen molar-refractivity contribution in [3.05, 3.63) is 115 Å². The summed E-state index contributed by atoms with van der Waals surface area (Å²) in [4.78, 5) is 4.65. The number of pyridine rings is 1. The second kappa shape index (κ2) is 8.48. The number of nitrogens with zero attached hydrogens (tertiary/aromatic N) is 1. The van der Waals surface area contributed by atoms with Gasteiger partial charge in [-0.2, -0.15) is 0 Å². The topological polar surface area (TPSA) is 12.9 Å². The van der Waals surface area contributed by atoms with Crippen LogP contribution in [0.25, 0.3) is 0 Å². The van der Waals surface area contributed by atoms with Gasteiger partial charge in [-0.3, -0.25) is 4.98 Å². The molecule has 0 unspecified atom stereocenters. The van der Waals surface area contributed by atoms with Crippen molar-refractivity contribution in [3.63, 3.8) is 0 Å². The van der Waals surface area contributed by atoms with E-state index in [9.17, 15) is 0 Å². The Bertz CT molecular complexity index is 874. The lowest BCUT2D eigenvalue weighted by molar-refractivity contribution is -0.00000512. The average molecular weight is 390 g/mol. The summed E-state index contributed by atoms with van der Waals surface area (Å²) >= 11 is 0. The largest absolute Gasteiger partial charge is 1.00 e. The zero-order valence-electron chi connectivity index (χ0n) is 15.2. The van der Waals surface area contributed by atoms with E-state index in [1.165, 1.54) is 21.2 Å². The molecule has 0 aliphatic rings. The summed E-state index contributed by atoms with van der Waals surface area (Å²) in [6.45, 7) is 2.04. The molecule has 134 valence electrons. The van der Waals surface area contributed by atoms with E-state index < -0.39 is 7.26 Å². The summed E-state index contributed by atoms with van der Waals surface area (Å²) in [6, 6.07) is 37.0. The van der Waals surface area contributed by atoms with E-state index in [0.717, 1.165) is 5.69 Å². The quantitative estimate of drug-likeness (QED) is 0.475. The zero-order valence-corrected chi connectivity index (χ0v) is 16.8. The molecule has 0 N–H and O–H groups in total. The Morgan fingerprint density at radius 3 is 1.26 bits per heavy atom. The molecule has 0 bridgehead atoms. The van der Waals surface area contributed by atoms with E-state index in [0.29, 0.717) is 0 Å². The maximum atomic E-state index is 4.65. The van der Waals surface area contributed by atoms with Crippen molar-refractivity contribution in [2.75, 3.05) is 0 Å². The highest BCUT2D eigenvalue weighted by Crippen LogP contribution is 2.53. The molecular formula is C24H21ClNP. The monoisotopic (exact) mass is 389 g/mol. The maximum absolute atomic E-state index is 4.65. The zero-order chi connectivity index (χ0) is 17.8. The molecule has 0 fully saturated rings. The van der Waals surface area contributed by atoms with Crippen LogP contribution in [-0.4, -0.2) is 4.98 Å². The van der Waals surface area contributed by atoms with Crippen molar-refractivity contribution in [3.8, 4) is 0 Å². The highest BCUT2D eigenvalue weighted by atomic mass is 35.5. The third-order valence-corrected chi connectivity index (χ3v) is 8.97. The van der Waals surface area contributed by atoms with E-state index in [2.05, 4.69) is 114 Å². The van der Waals surface area contributed by atoms with Gasteiger partial charge in [-0.25, -0.2) is 0 Å². The molecule has 0 radical (unpaired) electrons. The van der Waals surface area contributed by atoms with Gasteiger partial charge in [0.15, 0.2) is 0 Å². The Morgan fingerprint density at radius 2 is 0.926 bits per heavy atom. The van der Waals surface area contributed by atoms with Crippen LogP contribution in [-0.2, 0) is 0 Å². The first kappa shape index (κ1) is 19.3. The smallest absolute Gasteiger partial charge is 0.145 e. The van der Waals surface area contributed by atoms with Gasteiger partial charge in [-0.15, -0.1) is 0 Å². The van der Waals surface area contributed by atoms with Crippen LogP contribution >= 0.6 is 7.26 Å². The Hall–Kier alpha value is -2.47. The van der Waals surface area contributed by atoms with Gasteiger partial charge >= 0.3 is 0 Å². The number of halogens is 1. The van der Waals surface area contributed by atoms with Gasteiger partial charge in [0.2, 0.25) is 0 Å². The van der Waals surface area contributed by atoms with Gasteiger partial charge in [0.1, 0.15) is 28.5 Å². The van der Waals surface area contributed by atoms with Crippen LogP contribution in [0.5, 0.6) is 0 Å². The summed E-state index contributed by atoms with van der Waals surface area (Å²) < 4.78 is 0. The number of aromatic nitrogens is 1. The molecule has 0 saturated heterocycles. The maximum Gasteiger partial charge on any atom is 0.145 e. The van der Waals surface area contributed by atoms with Gasteiger partial charge in [-0.1, -0.05) is 54.6 Å². The number of hydrogen-bond acceptors (Lipinski definition) is 1. The second-order valence-corrected chi connectivity index (χ2v) is 9.74. The van der Waals surface area contributed by atoms with E-state index in [-0.39, 0.29) is 12.4 Å². The SMILES string of the molecule is Cc1ccc([P+](c2ccccc2)(c2ccccc2)c2ccccc2)cn1.[Cl-]. The Morgan fingerprint density at radius 1 is 0.519 bits per heavy atom. The number of benzene rings is 3. The molecule has 4 aromatic rings. The van der Waals surface area contributed by atoms with Crippen molar-refractivity contribution in [1.29, 1.82) is 0 Å². The average Bonchev–Trinajstić information content (AvgIpc) is 2.72. The number of aryl methyl sites for hydroxylation is 1. The first-order chi connectivity index (χ1) is 12.8.